The summed E-state index contributed by atoms with van der Waals surface area (Å²) in [5.41, 5.74) is 0. The van der Waals surface area contributed by atoms with Crippen molar-refractivity contribution < 1.29 is 35.5 Å². The number of carbonyl (C=O) groups excluding carboxylic acids is 1. The summed E-state index contributed by atoms with van der Waals surface area (Å²) in [6.45, 7) is 1.07. The summed E-state index contributed by atoms with van der Waals surface area (Å²) in [6, 6.07) is 0. The number of carbonyl (C=O) groups is 1. The SMILES string of the molecule is CC(=O)SCCC(F)C(F)(F)C(F)(F)C(F)F. The van der Waals surface area contributed by atoms with E-state index < -0.39 is 41.7 Å². The van der Waals surface area contributed by atoms with Gasteiger partial charge in [0.15, 0.2) is 11.3 Å². The second kappa shape index (κ2) is 5.92. The number of hydrogen-bond acceptors (Lipinski definition) is 2. The molecule has 0 heterocycles. The van der Waals surface area contributed by atoms with Crippen molar-refractivity contribution in [2.24, 2.45) is 0 Å². The molecule has 0 amide bonds. The molecule has 0 aliphatic rings. The number of alkyl halides is 7. The van der Waals surface area contributed by atoms with Crippen LogP contribution in [0.15, 0.2) is 0 Å². The summed E-state index contributed by atoms with van der Waals surface area (Å²) in [6.07, 6.45) is -9.20. The van der Waals surface area contributed by atoms with Crippen LogP contribution in [0.4, 0.5) is 30.7 Å². The van der Waals surface area contributed by atoms with Gasteiger partial charge in [0.2, 0.25) is 0 Å². The lowest BCUT2D eigenvalue weighted by atomic mass is 10.1. The molecule has 0 saturated heterocycles. The van der Waals surface area contributed by atoms with E-state index in [1.165, 1.54) is 0 Å². The molecule has 0 spiro atoms. The first-order chi connectivity index (χ1) is 7.53. The minimum Gasteiger partial charge on any atom is -0.288 e. The van der Waals surface area contributed by atoms with E-state index in [0.29, 0.717) is 11.8 Å². The quantitative estimate of drug-likeness (QED) is 0.695. The fourth-order valence-electron chi connectivity index (χ4n) is 0.842. The van der Waals surface area contributed by atoms with Gasteiger partial charge in [0.1, 0.15) is 0 Å². The van der Waals surface area contributed by atoms with E-state index in [2.05, 4.69) is 0 Å². The van der Waals surface area contributed by atoms with Crippen molar-refractivity contribution in [3.63, 3.8) is 0 Å². The minimum atomic E-state index is -5.73. The zero-order valence-corrected chi connectivity index (χ0v) is 9.35. The van der Waals surface area contributed by atoms with E-state index in [9.17, 15) is 35.5 Å². The van der Waals surface area contributed by atoms with Crippen molar-refractivity contribution in [2.75, 3.05) is 5.75 Å². The van der Waals surface area contributed by atoms with Gasteiger partial charge in [-0.25, -0.2) is 13.2 Å². The zero-order chi connectivity index (χ0) is 13.9. The first kappa shape index (κ1) is 16.5. The molecule has 0 saturated carbocycles. The standard InChI is InChI=1S/C8H9F7OS/c1-4(16)17-3-2-5(9)7(12,13)8(14,15)6(10)11/h5-6H,2-3H2,1H3. The smallest absolute Gasteiger partial charge is 0.288 e. The Bertz CT molecular complexity index is 269. The fourth-order valence-corrected chi connectivity index (χ4v) is 1.45. The van der Waals surface area contributed by atoms with Crippen molar-refractivity contribution >= 4 is 16.9 Å². The van der Waals surface area contributed by atoms with Crippen LogP contribution in [-0.4, -0.2) is 35.3 Å². The van der Waals surface area contributed by atoms with Gasteiger partial charge in [-0.2, -0.15) is 17.6 Å². The van der Waals surface area contributed by atoms with Crippen LogP contribution in [0, 0.1) is 0 Å². The van der Waals surface area contributed by atoms with Crippen LogP contribution < -0.4 is 0 Å². The summed E-state index contributed by atoms with van der Waals surface area (Å²) in [4.78, 5) is 10.4. The second-order valence-corrected chi connectivity index (χ2v) is 4.41. The maximum atomic E-state index is 12.8. The lowest BCUT2D eigenvalue weighted by molar-refractivity contribution is -0.285. The molecule has 0 rings (SSSR count). The van der Waals surface area contributed by atoms with Gasteiger partial charge in [-0.3, -0.25) is 4.79 Å². The average molecular weight is 286 g/mol. The van der Waals surface area contributed by atoms with Crippen LogP contribution in [-0.2, 0) is 4.79 Å². The number of rotatable bonds is 6. The normalized spacial score (nSPS) is 15.1. The van der Waals surface area contributed by atoms with Crippen molar-refractivity contribution in [3.05, 3.63) is 0 Å². The molecule has 1 unspecified atom stereocenters. The maximum absolute atomic E-state index is 12.8. The van der Waals surface area contributed by atoms with Crippen LogP contribution >= 0.6 is 11.8 Å². The van der Waals surface area contributed by atoms with Gasteiger partial charge < -0.3 is 0 Å². The molecule has 0 bridgehead atoms. The topological polar surface area (TPSA) is 17.1 Å². The summed E-state index contributed by atoms with van der Waals surface area (Å²) >= 11 is 0.450. The Balaban J connectivity index is 4.54. The molecule has 0 radical (unpaired) electrons. The second-order valence-electron chi connectivity index (χ2n) is 3.14. The molecule has 0 aliphatic heterocycles. The summed E-state index contributed by atoms with van der Waals surface area (Å²) in [7, 11) is 0. The molecule has 0 aromatic rings. The van der Waals surface area contributed by atoms with Gasteiger partial charge in [0.05, 0.1) is 0 Å². The summed E-state index contributed by atoms with van der Waals surface area (Å²) in [5, 5.41) is -0.513. The molecule has 1 atom stereocenters. The lowest BCUT2D eigenvalue weighted by Gasteiger charge is -2.28. The van der Waals surface area contributed by atoms with Crippen molar-refractivity contribution in [3.8, 4) is 0 Å². The largest absolute Gasteiger partial charge is 0.372 e. The number of halogens is 7. The van der Waals surface area contributed by atoms with Crippen molar-refractivity contribution in [1.82, 2.24) is 0 Å². The van der Waals surface area contributed by atoms with E-state index in [4.69, 9.17) is 0 Å². The van der Waals surface area contributed by atoms with Gasteiger partial charge in [0, 0.05) is 12.7 Å². The van der Waals surface area contributed by atoms with Gasteiger partial charge in [-0.1, -0.05) is 11.8 Å². The monoisotopic (exact) mass is 286 g/mol. The lowest BCUT2D eigenvalue weighted by Crippen LogP contribution is -2.52. The minimum absolute atomic E-state index is 0.450. The fraction of sp³-hybridized carbons (Fsp3) is 0.875. The molecule has 0 aromatic carbocycles. The Hall–Kier alpha value is -0.470. The third-order valence-electron chi connectivity index (χ3n) is 1.79. The van der Waals surface area contributed by atoms with Crippen LogP contribution in [0.3, 0.4) is 0 Å². The highest BCUT2D eigenvalue weighted by Crippen LogP contribution is 2.43. The van der Waals surface area contributed by atoms with Crippen LogP contribution in [0.5, 0.6) is 0 Å². The van der Waals surface area contributed by atoms with Crippen LogP contribution in [0.2, 0.25) is 0 Å². The van der Waals surface area contributed by atoms with E-state index in [1.807, 2.05) is 0 Å². The molecule has 1 nitrogen and oxygen atoms in total. The van der Waals surface area contributed by atoms with Crippen LogP contribution in [0.1, 0.15) is 13.3 Å². The van der Waals surface area contributed by atoms with Crippen molar-refractivity contribution in [2.45, 2.75) is 37.8 Å². The first-order valence-corrected chi connectivity index (χ1v) is 5.33. The molecular formula is C8H9F7OS. The van der Waals surface area contributed by atoms with Crippen LogP contribution in [0.25, 0.3) is 0 Å². The predicted molar refractivity (Wildman–Crippen MR) is 48.6 cm³/mol. The Kier molecular flexibility index (Phi) is 5.76. The Morgan fingerprint density at radius 3 is 1.94 bits per heavy atom. The zero-order valence-electron chi connectivity index (χ0n) is 8.53. The highest BCUT2D eigenvalue weighted by Gasteiger charge is 2.66. The number of hydrogen-bond donors (Lipinski definition) is 0. The Morgan fingerprint density at radius 1 is 1.12 bits per heavy atom. The third-order valence-corrected chi connectivity index (χ3v) is 2.63. The van der Waals surface area contributed by atoms with Gasteiger partial charge in [-0.15, -0.1) is 0 Å². The molecule has 0 fully saturated rings. The highest BCUT2D eigenvalue weighted by atomic mass is 32.2. The van der Waals surface area contributed by atoms with Gasteiger partial charge >= 0.3 is 18.3 Å². The van der Waals surface area contributed by atoms with Crippen molar-refractivity contribution in [1.29, 1.82) is 0 Å². The third kappa shape index (κ3) is 4.04. The predicted octanol–water partition coefficient (Wildman–Crippen LogP) is 3.53. The van der Waals surface area contributed by atoms with E-state index in [0.717, 1.165) is 6.92 Å². The molecule has 17 heavy (non-hydrogen) atoms. The average Bonchev–Trinajstić information content (AvgIpc) is 2.16. The highest BCUT2D eigenvalue weighted by molar-refractivity contribution is 8.13. The first-order valence-electron chi connectivity index (χ1n) is 4.34. The molecule has 0 aromatic heterocycles. The Labute approximate surface area is 96.7 Å². The maximum Gasteiger partial charge on any atom is 0.372 e. The van der Waals surface area contributed by atoms with E-state index in [1.54, 1.807) is 0 Å². The molecule has 0 N–H and O–H groups in total. The van der Waals surface area contributed by atoms with E-state index >= 15 is 0 Å². The molecule has 0 aliphatic carbocycles. The summed E-state index contributed by atoms with van der Waals surface area (Å²) in [5.74, 6) is -11.7. The molecule has 9 heteroatoms. The molecule has 102 valence electrons. The summed E-state index contributed by atoms with van der Waals surface area (Å²) < 4.78 is 86.2. The molecular weight excluding hydrogens is 277 g/mol. The Morgan fingerprint density at radius 2 is 1.59 bits per heavy atom. The number of thioether (sulfide) groups is 1. The van der Waals surface area contributed by atoms with Gasteiger partial charge in [0.25, 0.3) is 0 Å². The van der Waals surface area contributed by atoms with E-state index in [-0.39, 0.29) is 0 Å². The van der Waals surface area contributed by atoms with Gasteiger partial charge in [-0.05, 0) is 6.42 Å².